The first-order valence-corrected chi connectivity index (χ1v) is 10.5. The number of ether oxygens (including phenoxy) is 2. The number of halogens is 1. The maximum atomic E-state index is 13.5. The maximum Gasteiger partial charge on any atom is 0.272 e. The molecule has 30 heavy (non-hydrogen) atoms. The molecular formula is C23H22ClN3O3. The number of amides is 1. The van der Waals surface area contributed by atoms with E-state index in [1.807, 2.05) is 53.4 Å². The molecule has 2 aliphatic heterocycles. The molecule has 7 heteroatoms. The third kappa shape index (κ3) is 3.62. The molecule has 0 aliphatic carbocycles. The average Bonchev–Trinajstić information content (AvgIpc) is 3.43. The zero-order valence-corrected chi connectivity index (χ0v) is 17.2. The van der Waals surface area contributed by atoms with E-state index in [-0.39, 0.29) is 5.91 Å². The Morgan fingerprint density at radius 1 is 0.967 bits per heavy atom. The van der Waals surface area contributed by atoms with Gasteiger partial charge in [0.2, 0.25) is 0 Å². The van der Waals surface area contributed by atoms with Crippen LogP contribution >= 0.6 is 11.6 Å². The fourth-order valence-corrected chi connectivity index (χ4v) is 4.19. The van der Waals surface area contributed by atoms with E-state index in [0.29, 0.717) is 49.9 Å². The molecule has 1 spiro atoms. The Bertz CT molecular complexity index is 1030. The van der Waals surface area contributed by atoms with Gasteiger partial charge in [0, 0.05) is 36.5 Å². The number of benzene rings is 2. The number of hydrogen-bond acceptors (Lipinski definition) is 4. The molecule has 3 aromatic rings. The monoisotopic (exact) mass is 423 g/mol. The number of carbonyl (C=O) groups is 1. The summed E-state index contributed by atoms with van der Waals surface area (Å²) in [5.74, 6) is -0.560. The summed E-state index contributed by atoms with van der Waals surface area (Å²) in [6.45, 7) is 2.42. The summed E-state index contributed by atoms with van der Waals surface area (Å²) in [6.07, 6.45) is 1.36. The second-order valence-electron chi connectivity index (χ2n) is 7.57. The molecule has 6 nitrogen and oxygen atoms in total. The van der Waals surface area contributed by atoms with Gasteiger partial charge in [-0.2, -0.15) is 5.10 Å². The van der Waals surface area contributed by atoms with Crippen LogP contribution in [0.1, 0.15) is 23.3 Å². The number of nitrogens with zero attached hydrogens (tertiary/aromatic N) is 3. The summed E-state index contributed by atoms with van der Waals surface area (Å²) in [6, 6.07) is 19.1. The number of hydrogen-bond donors (Lipinski definition) is 0. The fourth-order valence-electron chi connectivity index (χ4n) is 4.06. The highest BCUT2D eigenvalue weighted by Gasteiger charge is 2.41. The van der Waals surface area contributed by atoms with Crippen molar-refractivity contribution < 1.29 is 14.3 Å². The quantitative estimate of drug-likeness (QED) is 0.634. The van der Waals surface area contributed by atoms with Gasteiger partial charge in [-0.15, -0.1) is 0 Å². The first-order valence-electron chi connectivity index (χ1n) is 10.1. The lowest BCUT2D eigenvalue weighted by atomic mass is 10.0. The Labute approximate surface area is 180 Å². The lowest BCUT2D eigenvalue weighted by Crippen LogP contribution is -2.47. The molecule has 2 fully saturated rings. The number of aromatic nitrogens is 2. The summed E-state index contributed by atoms with van der Waals surface area (Å²) in [5.41, 5.74) is 3.04. The van der Waals surface area contributed by atoms with Gasteiger partial charge < -0.3 is 14.4 Å². The fraction of sp³-hybridized carbons (Fsp3) is 0.304. The molecule has 0 N–H and O–H groups in total. The van der Waals surface area contributed by atoms with Gasteiger partial charge in [-0.25, -0.2) is 4.68 Å². The molecule has 1 amide bonds. The van der Waals surface area contributed by atoms with Crippen LogP contribution in [0, 0.1) is 0 Å². The predicted octanol–water partition coefficient (Wildman–Crippen LogP) is 4.17. The molecule has 0 bridgehead atoms. The van der Waals surface area contributed by atoms with Gasteiger partial charge in [-0.3, -0.25) is 4.79 Å². The summed E-state index contributed by atoms with van der Waals surface area (Å²) < 4.78 is 13.3. The number of likely N-dealkylation sites (tertiary alicyclic amines) is 1. The topological polar surface area (TPSA) is 56.6 Å². The number of rotatable bonds is 3. The van der Waals surface area contributed by atoms with Crippen LogP contribution in [0.5, 0.6) is 0 Å². The molecule has 0 radical (unpaired) electrons. The van der Waals surface area contributed by atoms with Crippen molar-refractivity contribution in [2.45, 2.75) is 18.6 Å². The van der Waals surface area contributed by atoms with Gasteiger partial charge in [0.15, 0.2) is 5.79 Å². The third-order valence-corrected chi connectivity index (χ3v) is 5.95. The Kier molecular flexibility index (Phi) is 5.06. The van der Waals surface area contributed by atoms with Crippen LogP contribution < -0.4 is 0 Å². The van der Waals surface area contributed by atoms with E-state index in [9.17, 15) is 4.79 Å². The van der Waals surface area contributed by atoms with Gasteiger partial charge in [-0.05, 0) is 30.3 Å². The number of piperidine rings is 1. The zero-order valence-electron chi connectivity index (χ0n) is 16.5. The SMILES string of the molecule is O=C(c1cc(-c2ccccc2)nn1-c1ccc(Cl)cc1)N1CCC2(CC1)OCCO2. The Hall–Kier alpha value is -2.67. The molecule has 0 atom stereocenters. The molecule has 0 unspecified atom stereocenters. The van der Waals surface area contributed by atoms with Crippen molar-refractivity contribution in [3.05, 3.63) is 71.4 Å². The van der Waals surface area contributed by atoms with Crippen LogP contribution in [-0.4, -0.2) is 52.7 Å². The zero-order chi connectivity index (χ0) is 20.6. The molecule has 154 valence electrons. The smallest absolute Gasteiger partial charge is 0.272 e. The minimum atomic E-state index is -0.512. The van der Waals surface area contributed by atoms with Gasteiger partial charge in [0.1, 0.15) is 5.69 Å². The van der Waals surface area contributed by atoms with E-state index in [1.165, 1.54) is 0 Å². The second-order valence-corrected chi connectivity index (χ2v) is 8.01. The summed E-state index contributed by atoms with van der Waals surface area (Å²) >= 11 is 6.06. The van der Waals surface area contributed by atoms with E-state index in [4.69, 9.17) is 26.2 Å². The van der Waals surface area contributed by atoms with E-state index in [0.717, 1.165) is 16.9 Å². The molecule has 1 aromatic heterocycles. The van der Waals surface area contributed by atoms with Crippen molar-refractivity contribution >= 4 is 17.5 Å². The van der Waals surface area contributed by atoms with Crippen LogP contribution in [0.3, 0.4) is 0 Å². The van der Waals surface area contributed by atoms with Crippen LogP contribution in [-0.2, 0) is 9.47 Å². The molecule has 0 saturated carbocycles. The van der Waals surface area contributed by atoms with Crippen molar-refractivity contribution in [3.8, 4) is 16.9 Å². The van der Waals surface area contributed by atoms with Gasteiger partial charge in [0.25, 0.3) is 5.91 Å². The standard InChI is InChI=1S/C23H22ClN3O3/c24-18-6-8-19(9-7-18)27-21(16-20(25-27)17-4-2-1-3-5-17)22(28)26-12-10-23(11-13-26)29-14-15-30-23/h1-9,16H,10-15H2. The van der Waals surface area contributed by atoms with E-state index in [2.05, 4.69) is 0 Å². The van der Waals surface area contributed by atoms with Crippen LogP contribution in [0.2, 0.25) is 5.02 Å². The first-order chi connectivity index (χ1) is 14.6. The van der Waals surface area contributed by atoms with Crippen LogP contribution in [0.4, 0.5) is 0 Å². The highest BCUT2D eigenvalue weighted by molar-refractivity contribution is 6.30. The highest BCUT2D eigenvalue weighted by atomic mass is 35.5. The number of carbonyl (C=O) groups excluding carboxylic acids is 1. The Morgan fingerprint density at radius 3 is 2.30 bits per heavy atom. The molecule has 2 aliphatic rings. The van der Waals surface area contributed by atoms with E-state index < -0.39 is 5.79 Å². The maximum absolute atomic E-state index is 13.5. The van der Waals surface area contributed by atoms with Crippen molar-refractivity contribution in [3.63, 3.8) is 0 Å². The molecule has 5 rings (SSSR count). The largest absolute Gasteiger partial charge is 0.347 e. The highest BCUT2D eigenvalue weighted by Crippen LogP contribution is 2.32. The van der Waals surface area contributed by atoms with Crippen LogP contribution in [0.25, 0.3) is 16.9 Å². The molecular weight excluding hydrogens is 402 g/mol. The minimum absolute atomic E-state index is 0.0486. The van der Waals surface area contributed by atoms with Gasteiger partial charge >= 0.3 is 0 Å². The third-order valence-electron chi connectivity index (χ3n) is 5.70. The summed E-state index contributed by atoms with van der Waals surface area (Å²) in [5, 5.41) is 5.38. The lowest BCUT2D eigenvalue weighted by molar-refractivity contribution is -0.181. The van der Waals surface area contributed by atoms with Crippen molar-refractivity contribution in [2.24, 2.45) is 0 Å². The van der Waals surface area contributed by atoms with Crippen LogP contribution in [0.15, 0.2) is 60.7 Å². The Morgan fingerprint density at radius 2 is 1.63 bits per heavy atom. The molecule has 3 heterocycles. The normalized spacial score (nSPS) is 18.1. The Balaban J connectivity index is 1.47. The first kappa shape index (κ1) is 19.3. The van der Waals surface area contributed by atoms with Crippen molar-refractivity contribution in [1.29, 1.82) is 0 Å². The minimum Gasteiger partial charge on any atom is -0.347 e. The average molecular weight is 424 g/mol. The summed E-state index contributed by atoms with van der Waals surface area (Å²) in [7, 11) is 0. The molecule has 2 saturated heterocycles. The van der Waals surface area contributed by atoms with Crippen molar-refractivity contribution in [2.75, 3.05) is 26.3 Å². The van der Waals surface area contributed by atoms with Gasteiger partial charge in [0.05, 0.1) is 24.6 Å². The second kappa shape index (κ2) is 7.87. The van der Waals surface area contributed by atoms with E-state index in [1.54, 1.807) is 16.8 Å². The summed E-state index contributed by atoms with van der Waals surface area (Å²) in [4.78, 5) is 15.3. The molecule has 2 aromatic carbocycles. The van der Waals surface area contributed by atoms with Crippen molar-refractivity contribution in [1.82, 2.24) is 14.7 Å². The lowest BCUT2D eigenvalue weighted by Gasteiger charge is -2.37. The van der Waals surface area contributed by atoms with E-state index >= 15 is 0 Å². The van der Waals surface area contributed by atoms with Gasteiger partial charge in [-0.1, -0.05) is 41.9 Å². The predicted molar refractivity (Wildman–Crippen MR) is 114 cm³/mol.